The van der Waals surface area contributed by atoms with E-state index in [1.807, 2.05) is 72.4 Å². The van der Waals surface area contributed by atoms with Gasteiger partial charge in [-0.15, -0.1) is 0 Å². The Morgan fingerprint density at radius 2 is 1.96 bits per heavy atom. The molecule has 142 valence electrons. The highest BCUT2D eigenvalue weighted by molar-refractivity contribution is 5.92. The van der Waals surface area contributed by atoms with Crippen molar-refractivity contribution in [2.24, 2.45) is 7.05 Å². The molecule has 0 saturated heterocycles. The van der Waals surface area contributed by atoms with Crippen molar-refractivity contribution in [1.29, 1.82) is 0 Å². The van der Waals surface area contributed by atoms with Crippen LogP contribution in [0.4, 0.5) is 0 Å². The molecule has 0 unspecified atom stereocenters. The predicted molar refractivity (Wildman–Crippen MR) is 111 cm³/mol. The zero-order valence-electron chi connectivity index (χ0n) is 15.8. The van der Waals surface area contributed by atoms with E-state index in [-0.39, 0.29) is 11.9 Å². The summed E-state index contributed by atoms with van der Waals surface area (Å²) in [5.41, 5.74) is 1.89. The lowest BCUT2D eigenvalue weighted by molar-refractivity contribution is -0.117. The van der Waals surface area contributed by atoms with E-state index < -0.39 is 0 Å². The van der Waals surface area contributed by atoms with Crippen LogP contribution in [0.3, 0.4) is 0 Å². The highest BCUT2D eigenvalue weighted by Gasteiger charge is 2.19. The van der Waals surface area contributed by atoms with Crippen molar-refractivity contribution in [3.05, 3.63) is 103 Å². The van der Waals surface area contributed by atoms with Crippen LogP contribution in [0.5, 0.6) is 5.75 Å². The summed E-state index contributed by atoms with van der Waals surface area (Å²) in [5, 5.41) is 3.04. The minimum Gasteiger partial charge on any atom is -0.490 e. The molecule has 1 aromatic heterocycles. The second-order valence-corrected chi connectivity index (χ2v) is 6.25. The van der Waals surface area contributed by atoms with E-state index in [0.717, 1.165) is 22.7 Å². The predicted octanol–water partition coefficient (Wildman–Crippen LogP) is 3.90. The monoisotopic (exact) mass is 373 g/mol. The van der Waals surface area contributed by atoms with Gasteiger partial charge in [0.15, 0.2) is 0 Å². The molecular weight excluding hydrogens is 350 g/mol. The summed E-state index contributed by atoms with van der Waals surface area (Å²) in [4.78, 5) is 16.9. The minimum absolute atomic E-state index is 0.191. The average molecular weight is 373 g/mol. The lowest BCUT2D eigenvalue weighted by Gasteiger charge is -2.18. The van der Waals surface area contributed by atoms with Gasteiger partial charge in [0.2, 0.25) is 5.91 Å². The van der Waals surface area contributed by atoms with Gasteiger partial charge in [0.1, 0.15) is 24.2 Å². The van der Waals surface area contributed by atoms with E-state index in [9.17, 15) is 4.79 Å². The van der Waals surface area contributed by atoms with Gasteiger partial charge in [0.25, 0.3) is 0 Å². The fourth-order valence-electron chi connectivity index (χ4n) is 2.79. The largest absolute Gasteiger partial charge is 0.490 e. The van der Waals surface area contributed by atoms with Crippen LogP contribution in [-0.2, 0) is 11.8 Å². The number of nitrogens with one attached hydrogen (secondary N) is 1. The normalized spacial score (nSPS) is 11.9. The lowest BCUT2D eigenvalue weighted by atomic mass is 10.1. The zero-order valence-corrected chi connectivity index (χ0v) is 15.8. The number of carbonyl (C=O) groups is 1. The molecule has 2 aromatic carbocycles. The van der Waals surface area contributed by atoms with Gasteiger partial charge in [0.05, 0.1) is 0 Å². The van der Waals surface area contributed by atoms with E-state index >= 15 is 0 Å². The molecule has 0 fully saturated rings. The van der Waals surface area contributed by atoms with E-state index in [0.29, 0.717) is 6.61 Å². The molecule has 1 atom stereocenters. The van der Waals surface area contributed by atoms with Crippen LogP contribution in [0, 0.1) is 0 Å². The van der Waals surface area contributed by atoms with Crippen molar-refractivity contribution in [2.75, 3.05) is 6.61 Å². The number of amides is 1. The third-order valence-electron chi connectivity index (χ3n) is 4.21. The van der Waals surface area contributed by atoms with Crippen LogP contribution in [0.15, 0.2) is 85.7 Å². The first-order valence-corrected chi connectivity index (χ1v) is 9.02. The summed E-state index contributed by atoms with van der Waals surface area (Å²) in [5.74, 6) is 1.35. The first-order chi connectivity index (χ1) is 13.7. The molecule has 5 nitrogen and oxygen atoms in total. The third-order valence-corrected chi connectivity index (χ3v) is 4.21. The zero-order chi connectivity index (χ0) is 19.8. The molecule has 0 spiro atoms. The number of ether oxygens (including phenoxy) is 1. The lowest BCUT2D eigenvalue weighted by Crippen LogP contribution is -2.29. The molecule has 0 aliphatic heterocycles. The number of aromatic nitrogens is 2. The van der Waals surface area contributed by atoms with Gasteiger partial charge in [0, 0.05) is 25.5 Å². The highest BCUT2D eigenvalue weighted by atomic mass is 16.5. The van der Waals surface area contributed by atoms with E-state index in [4.69, 9.17) is 4.74 Å². The van der Waals surface area contributed by atoms with Crippen LogP contribution >= 0.6 is 0 Å². The van der Waals surface area contributed by atoms with Crippen LogP contribution in [0.25, 0.3) is 6.08 Å². The molecule has 3 aromatic rings. The summed E-state index contributed by atoms with van der Waals surface area (Å²) < 4.78 is 7.37. The van der Waals surface area contributed by atoms with Gasteiger partial charge >= 0.3 is 0 Å². The van der Waals surface area contributed by atoms with Gasteiger partial charge in [-0.2, -0.15) is 0 Å². The molecule has 1 amide bonds. The summed E-state index contributed by atoms with van der Waals surface area (Å²) in [6.07, 6.45) is 8.58. The van der Waals surface area contributed by atoms with Crippen LogP contribution in [0.1, 0.15) is 23.0 Å². The van der Waals surface area contributed by atoms with Gasteiger partial charge in [-0.1, -0.05) is 55.1 Å². The first-order valence-electron chi connectivity index (χ1n) is 9.02. The first kappa shape index (κ1) is 19.2. The Morgan fingerprint density at radius 1 is 1.21 bits per heavy atom. The van der Waals surface area contributed by atoms with Gasteiger partial charge in [-0.3, -0.25) is 4.79 Å². The molecule has 0 radical (unpaired) electrons. The Kier molecular flexibility index (Phi) is 6.41. The number of hydrogen-bond donors (Lipinski definition) is 1. The number of carbonyl (C=O) groups excluding carboxylic acids is 1. The molecule has 5 heteroatoms. The number of aryl methyl sites for hydroxylation is 1. The second kappa shape index (κ2) is 9.37. The molecule has 1 N–H and O–H groups in total. The number of benzene rings is 2. The molecule has 0 aliphatic rings. The Balaban J connectivity index is 1.71. The van der Waals surface area contributed by atoms with Gasteiger partial charge in [-0.25, -0.2) is 4.98 Å². The molecular formula is C23H23N3O2. The fraction of sp³-hybridized carbons (Fsp3) is 0.130. The molecule has 28 heavy (non-hydrogen) atoms. The Labute approximate surface area is 165 Å². The third kappa shape index (κ3) is 4.98. The number of hydrogen-bond acceptors (Lipinski definition) is 3. The quantitative estimate of drug-likeness (QED) is 0.481. The van der Waals surface area contributed by atoms with E-state index in [1.54, 1.807) is 18.3 Å². The van der Waals surface area contributed by atoms with E-state index in [2.05, 4.69) is 16.9 Å². The average Bonchev–Trinajstić information content (AvgIpc) is 3.16. The number of nitrogens with zero attached hydrogens (tertiary/aromatic N) is 2. The van der Waals surface area contributed by atoms with Crippen molar-refractivity contribution in [3.8, 4) is 5.75 Å². The SMILES string of the molecule is C=CCOc1ccc(/C=C\C(=O)N[C@H](c2ccccc2)c2nccn2C)cc1. The maximum atomic E-state index is 12.5. The maximum absolute atomic E-state index is 12.5. The second-order valence-electron chi connectivity index (χ2n) is 6.25. The highest BCUT2D eigenvalue weighted by Crippen LogP contribution is 2.20. The van der Waals surface area contributed by atoms with Crippen molar-refractivity contribution >= 4 is 12.0 Å². The van der Waals surface area contributed by atoms with E-state index in [1.165, 1.54) is 6.08 Å². The van der Waals surface area contributed by atoms with Gasteiger partial charge in [-0.05, 0) is 29.3 Å². The summed E-state index contributed by atoms with van der Waals surface area (Å²) in [7, 11) is 1.91. The standard InChI is InChI=1S/C23H23N3O2/c1-3-17-28-20-12-9-18(10-13-20)11-14-21(27)25-22(19-7-5-4-6-8-19)23-24-15-16-26(23)2/h3-16,22H,1,17H2,2H3,(H,25,27)/b14-11-/t22-/m1/s1. The van der Waals surface area contributed by atoms with Crippen molar-refractivity contribution in [2.45, 2.75) is 6.04 Å². The van der Waals surface area contributed by atoms with Crippen LogP contribution < -0.4 is 10.1 Å². The van der Waals surface area contributed by atoms with Crippen LogP contribution in [0.2, 0.25) is 0 Å². The summed E-state index contributed by atoms with van der Waals surface area (Å²) in [6, 6.07) is 17.0. The fourth-order valence-corrected chi connectivity index (χ4v) is 2.79. The van der Waals surface area contributed by atoms with Crippen molar-refractivity contribution in [3.63, 3.8) is 0 Å². The molecule has 1 heterocycles. The Hall–Kier alpha value is -3.60. The Bertz CT molecular complexity index is 943. The maximum Gasteiger partial charge on any atom is 0.244 e. The topological polar surface area (TPSA) is 56.1 Å². The molecule has 3 rings (SSSR count). The Morgan fingerprint density at radius 3 is 2.61 bits per heavy atom. The smallest absolute Gasteiger partial charge is 0.244 e. The molecule has 0 bridgehead atoms. The van der Waals surface area contributed by atoms with Crippen molar-refractivity contribution < 1.29 is 9.53 Å². The minimum atomic E-state index is -0.326. The molecule has 0 aliphatic carbocycles. The number of imidazole rings is 1. The number of rotatable bonds is 8. The van der Waals surface area contributed by atoms with Crippen LogP contribution in [-0.4, -0.2) is 22.1 Å². The van der Waals surface area contributed by atoms with Gasteiger partial charge < -0.3 is 14.6 Å². The molecule has 0 saturated carbocycles. The van der Waals surface area contributed by atoms with Crippen molar-refractivity contribution in [1.82, 2.24) is 14.9 Å². The summed E-state index contributed by atoms with van der Waals surface area (Å²) in [6.45, 7) is 4.09. The summed E-state index contributed by atoms with van der Waals surface area (Å²) >= 11 is 0.